The van der Waals surface area contributed by atoms with Crippen LogP contribution in [0.3, 0.4) is 0 Å². The van der Waals surface area contributed by atoms with Gasteiger partial charge >= 0.3 is 0 Å². The molecule has 1 aliphatic rings. The summed E-state index contributed by atoms with van der Waals surface area (Å²) in [6, 6.07) is 9.36. The van der Waals surface area contributed by atoms with Crippen molar-refractivity contribution in [1.29, 1.82) is 0 Å². The summed E-state index contributed by atoms with van der Waals surface area (Å²) in [7, 11) is -1.94. The van der Waals surface area contributed by atoms with Crippen LogP contribution in [0.5, 0.6) is 0 Å². The molecule has 0 bridgehead atoms. The summed E-state index contributed by atoms with van der Waals surface area (Å²) in [6.45, 7) is 7.05. The first kappa shape index (κ1) is 19.0. The highest BCUT2D eigenvalue weighted by molar-refractivity contribution is 7.89. The highest BCUT2D eigenvalue weighted by Gasteiger charge is 2.28. The molecule has 1 aromatic heterocycles. The summed E-state index contributed by atoms with van der Waals surface area (Å²) < 4.78 is 36.1. The van der Waals surface area contributed by atoms with Crippen molar-refractivity contribution in [3.05, 3.63) is 47.3 Å². The normalized spacial score (nSPS) is 17.3. The molecule has 3 rings (SSSR count). The third-order valence-corrected chi connectivity index (χ3v) is 6.48. The molecule has 142 valence electrons. The van der Waals surface area contributed by atoms with Crippen LogP contribution < -0.4 is 4.72 Å². The van der Waals surface area contributed by atoms with Crippen LogP contribution in [-0.4, -0.2) is 55.9 Å². The number of hydrogen-bond donors (Lipinski definition) is 1. The predicted octanol–water partition coefficient (Wildman–Crippen LogP) is 1.39. The molecule has 2 aromatic rings. The second-order valence-electron chi connectivity index (χ2n) is 6.62. The minimum atomic E-state index is -3.69. The van der Waals surface area contributed by atoms with E-state index in [1.807, 2.05) is 30.3 Å². The van der Waals surface area contributed by atoms with Gasteiger partial charge in [0.25, 0.3) is 0 Å². The van der Waals surface area contributed by atoms with E-state index in [0.717, 1.165) is 18.7 Å². The van der Waals surface area contributed by atoms with Crippen molar-refractivity contribution < 1.29 is 13.2 Å². The maximum absolute atomic E-state index is 13.1. The minimum absolute atomic E-state index is 0.267. The molecule has 1 aliphatic heterocycles. The van der Waals surface area contributed by atoms with Crippen LogP contribution in [-0.2, 0) is 21.8 Å². The van der Waals surface area contributed by atoms with E-state index in [0.29, 0.717) is 31.1 Å². The summed E-state index contributed by atoms with van der Waals surface area (Å²) in [5.74, 6) is 0. The van der Waals surface area contributed by atoms with Crippen molar-refractivity contribution in [1.82, 2.24) is 19.4 Å². The average Bonchev–Trinajstić information content (AvgIpc) is 2.88. The number of hydrogen-bond acceptors (Lipinski definition) is 5. The molecule has 26 heavy (non-hydrogen) atoms. The Bertz CT molecular complexity index is 843. The topological polar surface area (TPSA) is 76.5 Å². The molecular weight excluding hydrogens is 352 g/mol. The Morgan fingerprint density at radius 3 is 2.42 bits per heavy atom. The van der Waals surface area contributed by atoms with Crippen molar-refractivity contribution in [2.45, 2.75) is 24.8 Å². The summed E-state index contributed by atoms with van der Waals surface area (Å²) in [5.41, 5.74) is 2.09. The third-order valence-electron chi connectivity index (χ3n) is 4.76. The summed E-state index contributed by atoms with van der Waals surface area (Å²) in [6.07, 6.45) is 0. The van der Waals surface area contributed by atoms with Crippen molar-refractivity contribution in [3.63, 3.8) is 0 Å². The SMILES string of the molecule is Cc1nn(C)c(C)c1S(=O)(=O)N[C@@H](CN1CCOCC1)c1ccccc1. The standard InChI is InChI=1S/C18H26N4O3S/c1-14-18(15(2)21(3)19-14)26(23,24)20-17(16-7-5-4-6-8-16)13-22-9-11-25-12-10-22/h4-8,17,20H,9-13H2,1-3H3/t17-/m0/s1. The first-order chi connectivity index (χ1) is 12.4. The maximum Gasteiger partial charge on any atom is 0.244 e. The Kier molecular flexibility index (Phi) is 5.76. The van der Waals surface area contributed by atoms with E-state index in [4.69, 9.17) is 4.74 Å². The highest BCUT2D eigenvalue weighted by Crippen LogP contribution is 2.23. The molecule has 1 N–H and O–H groups in total. The number of ether oxygens (including phenoxy) is 1. The van der Waals surface area contributed by atoms with Gasteiger partial charge in [0.05, 0.1) is 30.6 Å². The van der Waals surface area contributed by atoms with E-state index in [1.165, 1.54) is 0 Å². The molecule has 1 fully saturated rings. The van der Waals surface area contributed by atoms with Crippen LogP contribution in [0.2, 0.25) is 0 Å². The molecular formula is C18H26N4O3S. The van der Waals surface area contributed by atoms with E-state index >= 15 is 0 Å². The first-order valence-corrected chi connectivity index (χ1v) is 10.2. The zero-order valence-electron chi connectivity index (χ0n) is 15.5. The van der Waals surface area contributed by atoms with Crippen LogP contribution in [0.1, 0.15) is 23.0 Å². The maximum atomic E-state index is 13.1. The molecule has 0 unspecified atom stereocenters. The number of rotatable bonds is 6. The Morgan fingerprint density at radius 1 is 1.19 bits per heavy atom. The second kappa shape index (κ2) is 7.87. The van der Waals surface area contributed by atoms with Crippen LogP contribution >= 0.6 is 0 Å². The van der Waals surface area contributed by atoms with E-state index in [1.54, 1.807) is 25.6 Å². The monoisotopic (exact) mass is 378 g/mol. The number of aromatic nitrogens is 2. The van der Waals surface area contributed by atoms with E-state index in [2.05, 4.69) is 14.7 Å². The summed E-state index contributed by atoms with van der Waals surface area (Å²) >= 11 is 0. The molecule has 1 aromatic carbocycles. The Balaban J connectivity index is 1.89. The van der Waals surface area contributed by atoms with Crippen molar-refractivity contribution >= 4 is 10.0 Å². The molecule has 1 saturated heterocycles. The Morgan fingerprint density at radius 2 is 1.85 bits per heavy atom. The van der Waals surface area contributed by atoms with Crippen LogP contribution in [0, 0.1) is 13.8 Å². The lowest BCUT2D eigenvalue weighted by atomic mass is 10.1. The van der Waals surface area contributed by atoms with Gasteiger partial charge in [-0.05, 0) is 19.4 Å². The van der Waals surface area contributed by atoms with Gasteiger partial charge in [0, 0.05) is 26.7 Å². The summed E-state index contributed by atoms with van der Waals surface area (Å²) in [4.78, 5) is 2.50. The first-order valence-electron chi connectivity index (χ1n) is 8.76. The molecule has 0 saturated carbocycles. The Hall–Kier alpha value is -1.74. The zero-order valence-corrected chi connectivity index (χ0v) is 16.3. The lowest BCUT2D eigenvalue weighted by Crippen LogP contribution is -2.43. The third kappa shape index (κ3) is 4.15. The largest absolute Gasteiger partial charge is 0.379 e. The van der Waals surface area contributed by atoms with E-state index in [9.17, 15) is 8.42 Å². The molecule has 0 amide bonds. The van der Waals surface area contributed by atoms with Crippen molar-refractivity contribution in [2.75, 3.05) is 32.8 Å². The lowest BCUT2D eigenvalue weighted by Gasteiger charge is -2.31. The molecule has 1 atom stereocenters. The van der Waals surface area contributed by atoms with Gasteiger partial charge in [-0.2, -0.15) is 5.10 Å². The number of sulfonamides is 1. The number of nitrogens with one attached hydrogen (secondary N) is 1. The highest BCUT2D eigenvalue weighted by atomic mass is 32.2. The van der Waals surface area contributed by atoms with Crippen LogP contribution in [0.4, 0.5) is 0 Å². The van der Waals surface area contributed by atoms with Crippen LogP contribution in [0.15, 0.2) is 35.2 Å². The van der Waals surface area contributed by atoms with Gasteiger partial charge in [0.15, 0.2) is 0 Å². The fraction of sp³-hybridized carbons (Fsp3) is 0.500. The van der Waals surface area contributed by atoms with Gasteiger partial charge in [0.2, 0.25) is 10.0 Å². The number of nitrogens with zero attached hydrogens (tertiary/aromatic N) is 3. The molecule has 0 radical (unpaired) electrons. The molecule has 0 aliphatic carbocycles. The zero-order chi connectivity index (χ0) is 18.7. The fourth-order valence-corrected chi connectivity index (χ4v) is 4.98. The molecule has 8 heteroatoms. The van der Waals surface area contributed by atoms with Gasteiger partial charge in [-0.25, -0.2) is 13.1 Å². The molecule has 0 spiro atoms. The number of aryl methyl sites for hydroxylation is 2. The lowest BCUT2D eigenvalue weighted by molar-refractivity contribution is 0.0345. The van der Waals surface area contributed by atoms with Gasteiger partial charge in [0.1, 0.15) is 4.90 Å². The average molecular weight is 378 g/mol. The van der Waals surface area contributed by atoms with Gasteiger partial charge in [-0.1, -0.05) is 30.3 Å². The number of benzene rings is 1. The molecule has 7 nitrogen and oxygen atoms in total. The van der Waals surface area contributed by atoms with Crippen molar-refractivity contribution in [2.24, 2.45) is 7.05 Å². The molecule has 2 heterocycles. The van der Waals surface area contributed by atoms with Gasteiger partial charge < -0.3 is 4.74 Å². The predicted molar refractivity (Wildman–Crippen MR) is 99.4 cm³/mol. The van der Waals surface area contributed by atoms with Gasteiger partial charge in [-0.3, -0.25) is 9.58 Å². The Labute approximate surface area is 155 Å². The summed E-state index contributed by atoms with van der Waals surface area (Å²) in [5, 5.41) is 4.24. The fourth-order valence-electron chi connectivity index (χ4n) is 3.33. The van der Waals surface area contributed by atoms with Gasteiger partial charge in [-0.15, -0.1) is 0 Å². The van der Waals surface area contributed by atoms with Crippen LogP contribution in [0.25, 0.3) is 0 Å². The quantitative estimate of drug-likeness (QED) is 0.822. The van der Waals surface area contributed by atoms with E-state index < -0.39 is 10.0 Å². The number of morpholine rings is 1. The van der Waals surface area contributed by atoms with E-state index in [-0.39, 0.29) is 10.9 Å². The van der Waals surface area contributed by atoms with Crippen molar-refractivity contribution in [3.8, 4) is 0 Å². The second-order valence-corrected chi connectivity index (χ2v) is 8.27. The smallest absolute Gasteiger partial charge is 0.244 e. The minimum Gasteiger partial charge on any atom is -0.379 e.